The summed E-state index contributed by atoms with van der Waals surface area (Å²) in [6, 6.07) is 8.16. The minimum absolute atomic E-state index is 0.251. The number of hydrogen-bond donors (Lipinski definition) is 0. The number of nitrogens with zero attached hydrogens (tertiary/aromatic N) is 3. The number of rotatable bonds is 4. The molecule has 8 nitrogen and oxygen atoms in total. The van der Waals surface area contributed by atoms with Gasteiger partial charge < -0.3 is 17.7 Å². The number of nitro benzene ring substituents is 2. The lowest BCUT2D eigenvalue weighted by Gasteiger charge is -2.11. The molecular formula is C13H7N3O5S-2. The molecule has 0 aliphatic rings. The molecule has 0 spiro atoms. The molecule has 9 heteroatoms. The van der Waals surface area contributed by atoms with E-state index in [2.05, 4.69) is 4.99 Å². The Hall–Kier alpha value is -3.07. The first kappa shape index (κ1) is 15.3. The van der Waals surface area contributed by atoms with E-state index in [0.29, 0.717) is 16.6 Å². The van der Waals surface area contributed by atoms with Gasteiger partial charge in [0.1, 0.15) is 0 Å². The van der Waals surface area contributed by atoms with Crippen LogP contribution in [0, 0.1) is 20.2 Å². The highest BCUT2D eigenvalue weighted by atomic mass is 32.1. The van der Waals surface area contributed by atoms with Gasteiger partial charge in [-0.25, -0.2) is 0 Å². The molecule has 0 fully saturated rings. The monoisotopic (exact) mass is 317 g/mol. The van der Waals surface area contributed by atoms with Gasteiger partial charge in [-0.3, -0.25) is 25.2 Å². The maximum absolute atomic E-state index is 11.9. The van der Waals surface area contributed by atoms with Crippen molar-refractivity contribution in [3.05, 3.63) is 62.2 Å². The fourth-order valence-electron chi connectivity index (χ4n) is 1.66. The fourth-order valence-corrected chi connectivity index (χ4v) is 1.86. The first-order chi connectivity index (χ1) is 10.4. The van der Waals surface area contributed by atoms with Crippen LogP contribution in [0.15, 0.2) is 46.3 Å². The van der Waals surface area contributed by atoms with Gasteiger partial charge in [0.05, 0.1) is 15.9 Å². The van der Waals surface area contributed by atoms with E-state index in [1.807, 2.05) is 0 Å². The second-order valence-corrected chi connectivity index (χ2v) is 4.56. The normalized spacial score (nSPS) is 10.7. The molecule has 0 radical (unpaired) electrons. The smallest absolute Gasteiger partial charge is 0.276 e. The van der Waals surface area contributed by atoms with E-state index in [-0.39, 0.29) is 5.56 Å². The quantitative estimate of drug-likeness (QED) is 0.369. The zero-order valence-electron chi connectivity index (χ0n) is 10.8. The molecule has 112 valence electrons. The molecule has 0 aromatic heterocycles. The van der Waals surface area contributed by atoms with Crippen molar-refractivity contribution in [1.82, 2.24) is 0 Å². The maximum atomic E-state index is 11.9. The summed E-state index contributed by atoms with van der Waals surface area (Å²) in [6.07, 6.45) is 1.04. The van der Waals surface area contributed by atoms with Crippen molar-refractivity contribution in [3.63, 3.8) is 0 Å². The van der Waals surface area contributed by atoms with Gasteiger partial charge in [0.2, 0.25) is 0 Å². The van der Waals surface area contributed by atoms with Crippen LogP contribution in [0.2, 0.25) is 0 Å². The molecule has 0 saturated heterocycles. The van der Waals surface area contributed by atoms with Crippen LogP contribution in [0.5, 0.6) is 5.75 Å². The van der Waals surface area contributed by atoms with Gasteiger partial charge in [0, 0.05) is 18.0 Å². The Balaban J connectivity index is 2.53. The number of aliphatic imine (C=N–C) groups is 1. The summed E-state index contributed by atoms with van der Waals surface area (Å²) < 4.78 is 0. The average molecular weight is 317 g/mol. The first-order valence-electron chi connectivity index (χ1n) is 5.84. The Labute approximate surface area is 129 Å². The Morgan fingerprint density at radius 2 is 1.77 bits per heavy atom. The molecular weight excluding hydrogens is 310 g/mol. The van der Waals surface area contributed by atoms with E-state index >= 15 is 0 Å². The van der Waals surface area contributed by atoms with Crippen LogP contribution in [0.1, 0.15) is 5.56 Å². The molecule has 0 aliphatic carbocycles. The van der Waals surface area contributed by atoms with Crippen LogP contribution in [0.3, 0.4) is 0 Å². The summed E-state index contributed by atoms with van der Waals surface area (Å²) >= 11 is 5.03. The van der Waals surface area contributed by atoms with Crippen molar-refractivity contribution in [2.24, 2.45) is 4.99 Å². The zero-order valence-corrected chi connectivity index (χ0v) is 11.6. The third-order valence-corrected chi connectivity index (χ3v) is 3.04. The van der Waals surface area contributed by atoms with Gasteiger partial charge in [-0.2, -0.15) is 0 Å². The van der Waals surface area contributed by atoms with Gasteiger partial charge in [-0.05, 0) is 17.4 Å². The summed E-state index contributed by atoms with van der Waals surface area (Å²) in [7, 11) is 0. The van der Waals surface area contributed by atoms with Crippen molar-refractivity contribution in [2.75, 3.05) is 0 Å². The van der Waals surface area contributed by atoms with E-state index in [1.165, 1.54) is 0 Å². The van der Waals surface area contributed by atoms with Crippen molar-refractivity contribution >= 4 is 35.9 Å². The molecule has 0 amide bonds. The molecule has 0 bridgehead atoms. The van der Waals surface area contributed by atoms with Crippen LogP contribution in [-0.2, 0) is 12.6 Å². The Morgan fingerprint density at radius 3 is 2.36 bits per heavy atom. The Bertz CT molecular complexity index is 791. The van der Waals surface area contributed by atoms with E-state index in [0.717, 1.165) is 12.3 Å². The number of non-ortho nitro benzene ring substituents is 1. The van der Waals surface area contributed by atoms with Crippen LogP contribution in [-0.4, -0.2) is 16.1 Å². The van der Waals surface area contributed by atoms with Crippen molar-refractivity contribution in [3.8, 4) is 5.75 Å². The van der Waals surface area contributed by atoms with Gasteiger partial charge in [-0.1, -0.05) is 18.2 Å². The zero-order chi connectivity index (χ0) is 16.3. The van der Waals surface area contributed by atoms with E-state index in [9.17, 15) is 25.3 Å². The lowest BCUT2D eigenvalue weighted by Crippen LogP contribution is -2.03. The van der Waals surface area contributed by atoms with E-state index < -0.39 is 27.0 Å². The van der Waals surface area contributed by atoms with E-state index in [4.69, 9.17) is 12.6 Å². The molecule has 0 heterocycles. The summed E-state index contributed by atoms with van der Waals surface area (Å²) in [5.41, 5.74) is -1.30. The topological polar surface area (TPSA) is 122 Å². The van der Waals surface area contributed by atoms with Gasteiger partial charge in [-0.15, -0.1) is 4.90 Å². The summed E-state index contributed by atoms with van der Waals surface area (Å²) in [5.74, 6) is -0.943. The van der Waals surface area contributed by atoms with Crippen LogP contribution < -0.4 is 5.11 Å². The predicted octanol–water partition coefficient (Wildman–Crippen LogP) is 2.23. The second-order valence-electron chi connectivity index (χ2n) is 4.12. The third-order valence-electron chi connectivity index (χ3n) is 2.70. The Morgan fingerprint density at radius 1 is 1.09 bits per heavy atom. The lowest BCUT2D eigenvalue weighted by molar-refractivity contribution is -0.403. The minimum Gasteiger partial charge on any atom is -0.867 e. The number of para-hydroxylation sites is 1. The molecule has 0 N–H and O–H groups in total. The predicted molar refractivity (Wildman–Crippen MR) is 78.5 cm³/mol. The minimum atomic E-state index is -0.965. The molecule has 0 aliphatic heterocycles. The number of nitro groups is 2. The van der Waals surface area contributed by atoms with Gasteiger partial charge in [0.15, 0.2) is 0 Å². The molecule has 2 rings (SSSR count). The molecule has 0 unspecified atom stereocenters. The number of benzene rings is 2. The largest absolute Gasteiger partial charge is 0.867 e. The summed E-state index contributed by atoms with van der Waals surface area (Å²) in [4.78, 5) is 24.2. The lowest BCUT2D eigenvalue weighted by atomic mass is 10.1. The SMILES string of the molecule is O=[N+]([O-])c1cc(C=Nc2ccccc2[S-])c([O-])c([N+](=O)[O-])c1. The van der Waals surface area contributed by atoms with Crippen LogP contribution >= 0.6 is 0 Å². The van der Waals surface area contributed by atoms with Crippen LogP contribution in [0.4, 0.5) is 17.1 Å². The highest BCUT2D eigenvalue weighted by molar-refractivity contribution is 7.59. The Kier molecular flexibility index (Phi) is 4.28. The van der Waals surface area contributed by atoms with Crippen molar-refractivity contribution < 1.29 is 15.0 Å². The molecule has 0 saturated carbocycles. The van der Waals surface area contributed by atoms with E-state index in [1.54, 1.807) is 24.3 Å². The number of hydrogen-bond acceptors (Lipinski definition) is 7. The van der Waals surface area contributed by atoms with Crippen LogP contribution in [0.25, 0.3) is 0 Å². The standard InChI is InChI=1S/C13H9N3O5S/c17-13-8(7-14-10-3-1-2-4-12(10)22)5-9(15(18)19)6-11(13)16(20)21/h1-7,17,22H/p-2. The molecule has 2 aromatic rings. The third kappa shape index (κ3) is 3.15. The van der Waals surface area contributed by atoms with Crippen molar-refractivity contribution in [1.29, 1.82) is 0 Å². The van der Waals surface area contributed by atoms with Crippen molar-refractivity contribution in [2.45, 2.75) is 4.90 Å². The summed E-state index contributed by atoms with van der Waals surface area (Å²) in [6.45, 7) is 0. The average Bonchev–Trinajstić information content (AvgIpc) is 2.47. The first-order valence-corrected chi connectivity index (χ1v) is 6.25. The van der Waals surface area contributed by atoms with Gasteiger partial charge in [0.25, 0.3) is 11.4 Å². The maximum Gasteiger partial charge on any atom is 0.276 e. The molecule has 22 heavy (non-hydrogen) atoms. The highest BCUT2D eigenvalue weighted by Crippen LogP contribution is 2.31. The molecule has 2 aromatic carbocycles. The fraction of sp³-hybridized carbons (Fsp3) is 0. The summed E-state index contributed by atoms with van der Waals surface area (Å²) in [5, 5.41) is 33.5. The highest BCUT2D eigenvalue weighted by Gasteiger charge is 2.17. The molecule has 0 atom stereocenters. The second kappa shape index (κ2) is 6.14. The van der Waals surface area contributed by atoms with Gasteiger partial charge >= 0.3 is 0 Å².